The summed E-state index contributed by atoms with van der Waals surface area (Å²) in [5.74, 6) is -2.30. The van der Waals surface area contributed by atoms with Crippen LogP contribution in [-0.2, 0) is 38.0 Å². The van der Waals surface area contributed by atoms with Gasteiger partial charge in [-0.1, -0.05) is 0 Å². The second-order valence-electron chi connectivity index (χ2n) is 6.14. The molecule has 2 aliphatic rings. The fourth-order valence-electron chi connectivity index (χ4n) is 2.55. The Hall–Kier alpha value is -1.22. The fraction of sp³-hybridized carbons (Fsp3) is 0.857. The predicted octanol–water partition coefficient (Wildman–Crippen LogP) is 0.720. The minimum absolute atomic E-state index is 0.221. The second-order valence-corrected chi connectivity index (χ2v) is 6.14. The topological polar surface area (TPSA) is 89.5 Å². The van der Waals surface area contributed by atoms with Crippen LogP contribution in [0.2, 0.25) is 0 Å². The summed E-state index contributed by atoms with van der Waals surface area (Å²) in [4.78, 5) is 22.1. The van der Waals surface area contributed by atoms with Crippen molar-refractivity contribution in [3.63, 3.8) is 0 Å². The Morgan fingerprint density at radius 1 is 1.18 bits per heavy atom. The second kappa shape index (κ2) is 6.11. The third-order valence-corrected chi connectivity index (χ3v) is 3.30. The molecule has 8 nitrogen and oxygen atoms in total. The number of carbonyl (C=O) groups excluding carboxylic acids is 2. The Bertz CT molecular complexity index is 433. The van der Waals surface area contributed by atoms with Gasteiger partial charge in [0.1, 0.15) is 6.10 Å². The normalized spacial score (nSPS) is 34.1. The SMILES string of the molecule is CC(=O)O[C@@H]1OC(C)(C)O[C@H]1[C@H](OC=O)[C@H]1COC(C)(C)O1. The van der Waals surface area contributed by atoms with Crippen LogP contribution in [-0.4, -0.2) is 55.2 Å². The van der Waals surface area contributed by atoms with Crippen LogP contribution in [0.15, 0.2) is 0 Å². The maximum absolute atomic E-state index is 11.2. The summed E-state index contributed by atoms with van der Waals surface area (Å²) < 4.78 is 32.7. The molecular weight excluding hydrogens is 296 g/mol. The standard InChI is InChI=1S/C14H22O8/c1-8(16)19-12-11(21-14(4,5)22-12)10(17-7-15)9-6-18-13(2,3)20-9/h7,9-12H,6H2,1-5H3/t9-,10-,11+,12-/m1/s1. The summed E-state index contributed by atoms with van der Waals surface area (Å²) in [5.41, 5.74) is 0. The molecular formula is C14H22O8. The number of hydrogen-bond donors (Lipinski definition) is 0. The van der Waals surface area contributed by atoms with Crippen LogP contribution in [0.3, 0.4) is 0 Å². The van der Waals surface area contributed by atoms with Crippen LogP contribution in [0.1, 0.15) is 34.6 Å². The molecule has 0 amide bonds. The van der Waals surface area contributed by atoms with E-state index in [2.05, 4.69) is 0 Å². The highest BCUT2D eigenvalue weighted by atomic mass is 16.8. The van der Waals surface area contributed by atoms with Crippen molar-refractivity contribution in [2.45, 2.75) is 70.8 Å². The monoisotopic (exact) mass is 318 g/mol. The van der Waals surface area contributed by atoms with E-state index in [1.807, 2.05) is 0 Å². The van der Waals surface area contributed by atoms with Crippen molar-refractivity contribution in [2.75, 3.05) is 6.61 Å². The van der Waals surface area contributed by atoms with Gasteiger partial charge in [0.05, 0.1) is 6.61 Å². The summed E-state index contributed by atoms with van der Waals surface area (Å²) in [7, 11) is 0. The van der Waals surface area contributed by atoms with E-state index in [9.17, 15) is 9.59 Å². The number of esters is 1. The highest BCUT2D eigenvalue weighted by Crippen LogP contribution is 2.35. The Morgan fingerprint density at radius 3 is 2.36 bits per heavy atom. The van der Waals surface area contributed by atoms with Crippen molar-refractivity contribution < 1.29 is 38.0 Å². The first-order chi connectivity index (χ1) is 10.1. The van der Waals surface area contributed by atoms with E-state index in [1.54, 1.807) is 27.7 Å². The highest BCUT2D eigenvalue weighted by Gasteiger charge is 2.53. The lowest BCUT2D eigenvalue weighted by Gasteiger charge is -2.28. The van der Waals surface area contributed by atoms with Crippen molar-refractivity contribution in [1.29, 1.82) is 0 Å². The molecule has 0 radical (unpaired) electrons. The van der Waals surface area contributed by atoms with Gasteiger partial charge in [-0.05, 0) is 27.7 Å². The Labute approximate surface area is 128 Å². The molecule has 2 rings (SSSR count). The molecule has 8 heteroatoms. The van der Waals surface area contributed by atoms with Crippen LogP contribution < -0.4 is 0 Å². The van der Waals surface area contributed by atoms with Gasteiger partial charge in [0.25, 0.3) is 6.47 Å². The van der Waals surface area contributed by atoms with E-state index in [0.717, 1.165) is 0 Å². The number of rotatable bonds is 5. The maximum Gasteiger partial charge on any atom is 0.305 e. The quantitative estimate of drug-likeness (QED) is 0.541. The number of ether oxygens (including phenoxy) is 6. The molecule has 0 aliphatic carbocycles. The lowest BCUT2D eigenvalue weighted by molar-refractivity contribution is -0.196. The molecule has 0 aromatic heterocycles. The maximum atomic E-state index is 11.2. The third-order valence-electron chi connectivity index (χ3n) is 3.30. The smallest absolute Gasteiger partial charge is 0.305 e. The Kier molecular flexibility index (Phi) is 4.76. The van der Waals surface area contributed by atoms with Crippen LogP contribution >= 0.6 is 0 Å². The minimum Gasteiger partial charge on any atom is -0.459 e. The summed E-state index contributed by atoms with van der Waals surface area (Å²) in [5, 5.41) is 0. The van der Waals surface area contributed by atoms with Crippen molar-refractivity contribution in [3.8, 4) is 0 Å². The van der Waals surface area contributed by atoms with Gasteiger partial charge >= 0.3 is 5.97 Å². The van der Waals surface area contributed by atoms with Gasteiger partial charge in [0, 0.05) is 6.92 Å². The third kappa shape index (κ3) is 3.95. The number of carbonyl (C=O) groups is 2. The highest BCUT2D eigenvalue weighted by molar-refractivity contribution is 5.66. The summed E-state index contributed by atoms with van der Waals surface area (Å²) in [6, 6.07) is 0. The molecule has 0 aromatic rings. The van der Waals surface area contributed by atoms with E-state index in [4.69, 9.17) is 28.4 Å². The van der Waals surface area contributed by atoms with Gasteiger partial charge in [-0.2, -0.15) is 0 Å². The van der Waals surface area contributed by atoms with Crippen molar-refractivity contribution in [2.24, 2.45) is 0 Å². The molecule has 0 unspecified atom stereocenters. The lowest BCUT2D eigenvalue weighted by Crippen LogP contribution is -2.47. The van der Waals surface area contributed by atoms with Crippen molar-refractivity contribution >= 4 is 12.4 Å². The first-order valence-corrected chi connectivity index (χ1v) is 7.07. The van der Waals surface area contributed by atoms with E-state index in [0.29, 0.717) is 6.47 Å². The van der Waals surface area contributed by atoms with E-state index < -0.39 is 42.1 Å². The fourth-order valence-corrected chi connectivity index (χ4v) is 2.55. The first-order valence-electron chi connectivity index (χ1n) is 7.07. The van der Waals surface area contributed by atoms with Crippen LogP contribution in [0.5, 0.6) is 0 Å². The molecule has 0 N–H and O–H groups in total. The molecule has 0 bridgehead atoms. The van der Waals surface area contributed by atoms with Crippen LogP contribution in [0.25, 0.3) is 0 Å². The van der Waals surface area contributed by atoms with Gasteiger partial charge in [0.15, 0.2) is 23.8 Å². The van der Waals surface area contributed by atoms with Gasteiger partial charge in [-0.15, -0.1) is 0 Å². The van der Waals surface area contributed by atoms with Crippen molar-refractivity contribution in [3.05, 3.63) is 0 Å². The zero-order chi connectivity index (χ0) is 16.5. The van der Waals surface area contributed by atoms with Crippen LogP contribution in [0.4, 0.5) is 0 Å². The molecule has 4 atom stereocenters. The first kappa shape index (κ1) is 17.1. The molecule has 126 valence electrons. The minimum atomic E-state index is -0.996. The van der Waals surface area contributed by atoms with Crippen LogP contribution in [0, 0.1) is 0 Å². The van der Waals surface area contributed by atoms with E-state index >= 15 is 0 Å². The van der Waals surface area contributed by atoms with E-state index in [1.165, 1.54) is 6.92 Å². The average Bonchev–Trinajstić information content (AvgIpc) is 2.85. The molecule has 2 aliphatic heterocycles. The molecule has 0 spiro atoms. The van der Waals surface area contributed by atoms with Gasteiger partial charge in [0.2, 0.25) is 6.29 Å². The molecule has 2 heterocycles. The zero-order valence-electron chi connectivity index (χ0n) is 13.4. The van der Waals surface area contributed by atoms with Gasteiger partial charge < -0.3 is 28.4 Å². The molecule has 0 saturated carbocycles. The lowest BCUT2D eigenvalue weighted by atomic mass is 10.1. The molecule has 0 aromatic carbocycles. The van der Waals surface area contributed by atoms with Gasteiger partial charge in [-0.3, -0.25) is 9.59 Å². The summed E-state index contributed by atoms with van der Waals surface area (Å²) >= 11 is 0. The molecule has 2 saturated heterocycles. The van der Waals surface area contributed by atoms with Gasteiger partial charge in [-0.25, -0.2) is 0 Å². The zero-order valence-corrected chi connectivity index (χ0v) is 13.4. The Morgan fingerprint density at radius 2 is 1.86 bits per heavy atom. The predicted molar refractivity (Wildman–Crippen MR) is 71.4 cm³/mol. The Balaban J connectivity index is 2.18. The largest absolute Gasteiger partial charge is 0.459 e. The average molecular weight is 318 g/mol. The summed E-state index contributed by atoms with van der Waals surface area (Å²) in [6.45, 7) is 8.65. The van der Waals surface area contributed by atoms with Crippen molar-refractivity contribution in [1.82, 2.24) is 0 Å². The summed E-state index contributed by atoms with van der Waals surface area (Å²) in [6.07, 6.45) is -3.19. The number of hydrogen-bond acceptors (Lipinski definition) is 8. The molecule has 22 heavy (non-hydrogen) atoms. The molecule has 2 fully saturated rings. The van der Waals surface area contributed by atoms with E-state index in [-0.39, 0.29) is 6.61 Å².